The van der Waals surface area contributed by atoms with Crippen molar-refractivity contribution in [2.75, 3.05) is 0 Å². The largest absolute Gasteiger partial charge is 0.507 e. The van der Waals surface area contributed by atoms with Crippen LogP contribution in [0.25, 0.3) is 0 Å². The summed E-state index contributed by atoms with van der Waals surface area (Å²) in [4.78, 5) is 12.6. The molecule has 5 atom stereocenters. The van der Waals surface area contributed by atoms with Crippen molar-refractivity contribution in [2.24, 2.45) is 23.7 Å². The Morgan fingerprint density at radius 3 is 2.21 bits per heavy atom. The summed E-state index contributed by atoms with van der Waals surface area (Å²) in [5.74, 6) is 1.62. The number of para-hydroxylation sites is 1. The third-order valence-electron chi connectivity index (χ3n) is 6.46. The first-order valence-electron chi connectivity index (χ1n) is 13.0. The predicted molar refractivity (Wildman–Crippen MR) is 142 cm³/mol. The van der Waals surface area contributed by atoms with Gasteiger partial charge >= 0.3 is 0 Å². The van der Waals surface area contributed by atoms with Crippen LogP contribution in [0.3, 0.4) is 0 Å². The van der Waals surface area contributed by atoms with Crippen LogP contribution < -0.4 is 10.2 Å². The maximum atomic E-state index is 12.6. The van der Waals surface area contributed by atoms with E-state index in [0.29, 0.717) is 18.3 Å². The van der Waals surface area contributed by atoms with Gasteiger partial charge in [0.1, 0.15) is 17.4 Å². The van der Waals surface area contributed by atoms with Gasteiger partial charge in [-0.05, 0) is 60.6 Å². The lowest BCUT2D eigenvalue weighted by Gasteiger charge is -2.29. The molecule has 0 aliphatic rings. The average molecular weight is 497 g/mol. The minimum Gasteiger partial charge on any atom is -0.507 e. The molecular weight excluding hydrogens is 448 g/mol. The Hall–Kier alpha value is -1.28. The molecule has 1 aromatic rings. The van der Waals surface area contributed by atoms with Crippen LogP contribution in [-0.4, -0.2) is 27.9 Å². The van der Waals surface area contributed by atoms with E-state index in [1.807, 2.05) is 0 Å². The molecule has 0 saturated heterocycles. The van der Waals surface area contributed by atoms with E-state index in [2.05, 4.69) is 51.7 Å². The Morgan fingerprint density at radius 1 is 1.00 bits per heavy atom. The van der Waals surface area contributed by atoms with Crippen LogP contribution in [0.5, 0.6) is 5.75 Å². The molecule has 0 unspecified atom stereocenters. The first-order valence-corrected chi connectivity index (χ1v) is 13.8. The van der Waals surface area contributed by atoms with Gasteiger partial charge < -0.3 is 15.1 Å². The first kappa shape index (κ1) is 30.8. The Labute approximate surface area is 211 Å². The molecule has 0 heterocycles. The van der Waals surface area contributed by atoms with Gasteiger partial charge in [-0.25, -0.2) is 0 Å². The first-order chi connectivity index (χ1) is 16.2. The van der Waals surface area contributed by atoms with E-state index in [9.17, 15) is 15.1 Å². The number of carbonyl (C=O) groups excluding carboxylic acids is 1. The maximum Gasteiger partial charge on any atom is 0.264 e. The van der Waals surface area contributed by atoms with E-state index in [4.69, 9.17) is 4.74 Å². The van der Waals surface area contributed by atoms with Crippen molar-refractivity contribution in [2.45, 2.75) is 105 Å². The zero-order chi connectivity index (χ0) is 25.5. The van der Waals surface area contributed by atoms with Crippen molar-refractivity contribution in [1.82, 2.24) is 10.2 Å². The van der Waals surface area contributed by atoms with E-state index in [1.54, 1.807) is 18.2 Å². The SMILES string of the molecule is CC[C@H](C)CCC[C@H](C)CCC[C@H](C)[C@@H](O[C@@H](CC(C)C)NO)SNC(=O)c1ccccc1O. The molecule has 0 saturated carbocycles. The summed E-state index contributed by atoms with van der Waals surface area (Å²) < 4.78 is 9.00. The van der Waals surface area contributed by atoms with E-state index >= 15 is 0 Å². The second-order valence-corrected chi connectivity index (χ2v) is 11.2. The molecule has 0 aliphatic carbocycles. The number of benzene rings is 1. The number of rotatable bonds is 18. The van der Waals surface area contributed by atoms with Gasteiger partial charge in [-0.2, -0.15) is 5.48 Å². The van der Waals surface area contributed by atoms with Gasteiger partial charge in [-0.3, -0.25) is 9.52 Å². The van der Waals surface area contributed by atoms with Gasteiger partial charge in [0.25, 0.3) is 5.91 Å². The molecule has 1 aromatic carbocycles. The highest BCUT2D eigenvalue weighted by molar-refractivity contribution is 7.98. The normalized spacial score (nSPS) is 16.1. The molecule has 1 amide bonds. The lowest BCUT2D eigenvalue weighted by Crippen LogP contribution is -2.37. The highest BCUT2D eigenvalue weighted by atomic mass is 32.2. The van der Waals surface area contributed by atoms with Crippen molar-refractivity contribution < 1.29 is 19.8 Å². The van der Waals surface area contributed by atoms with Crippen LogP contribution in [0.1, 0.15) is 103 Å². The molecule has 0 radical (unpaired) electrons. The van der Waals surface area contributed by atoms with Crippen LogP contribution in [0.15, 0.2) is 24.3 Å². The molecule has 0 fully saturated rings. The smallest absolute Gasteiger partial charge is 0.264 e. The fraction of sp³-hybridized carbons (Fsp3) is 0.741. The number of ether oxygens (including phenoxy) is 1. The molecule has 0 bridgehead atoms. The van der Waals surface area contributed by atoms with E-state index in [0.717, 1.165) is 18.8 Å². The summed E-state index contributed by atoms with van der Waals surface area (Å²) in [6.07, 6.45) is 8.53. The third kappa shape index (κ3) is 12.4. The van der Waals surface area contributed by atoms with Gasteiger partial charge in [0.05, 0.1) is 5.56 Å². The second-order valence-electron chi connectivity index (χ2n) is 10.3. The Balaban J connectivity index is 2.64. The molecule has 4 N–H and O–H groups in total. The molecule has 196 valence electrons. The number of hydrogen-bond donors (Lipinski definition) is 4. The Bertz CT molecular complexity index is 688. The minimum absolute atomic E-state index is 0.0526. The summed E-state index contributed by atoms with van der Waals surface area (Å²) in [6.45, 7) is 13.2. The van der Waals surface area contributed by atoms with Gasteiger partial charge in [-0.15, -0.1) is 0 Å². The average Bonchev–Trinajstić information content (AvgIpc) is 2.80. The fourth-order valence-electron chi connectivity index (χ4n) is 3.93. The van der Waals surface area contributed by atoms with Crippen LogP contribution in [-0.2, 0) is 4.74 Å². The van der Waals surface area contributed by atoms with Crippen molar-refractivity contribution in [3.8, 4) is 5.75 Å². The monoisotopic (exact) mass is 496 g/mol. The molecular formula is C27H48N2O4S. The zero-order valence-electron chi connectivity index (χ0n) is 22.0. The quantitative estimate of drug-likeness (QED) is 0.0982. The number of aromatic hydroxyl groups is 1. The molecule has 0 aliphatic heterocycles. The van der Waals surface area contributed by atoms with Gasteiger partial charge in [-0.1, -0.05) is 92.2 Å². The van der Waals surface area contributed by atoms with E-state index in [-0.39, 0.29) is 28.6 Å². The summed E-state index contributed by atoms with van der Waals surface area (Å²) in [5.41, 5.74) is 2.16. The lowest BCUT2D eigenvalue weighted by atomic mass is 9.92. The van der Waals surface area contributed by atoms with E-state index in [1.165, 1.54) is 50.1 Å². The number of phenols is 1. The fourth-order valence-corrected chi connectivity index (χ4v) is 4.82. The standard InChI is InChI=1S/C27H48N2O4S/c1-7-20(4)12-10-13-21(5)14-11-15-22(6)27(33-25(28-32)18-19(2)3)34-29-26(31)23-16-8-9-17-24(23)30/h8-9,16-17,19-22,25,27-28,30,32H,7,10-15,18H2,1-6H3,(H,29,31)/t20-,21-,22-,25-,27-/m0/s1. The number of carbonyl (C=O) groups is 1. The van der Waals surface area contributed by atoms with Crippen LogP contribution in [0.2, 0.25) is 0 Å². The molecule has 34 heavy (non-hydrogen) atoms. The molecule has 0 aromatic heterocycles. The number of amides is 1. The van der Waals surface area contributed by atoms with Crippen LogP contribution >= 0.6 is 11.9 Å². The summed E-state index contributed by atoms with van der Waals surface area (Å²) in [7, 11) is 0. The Morgan fingerprint density at radius 2 is 1.62 bits per heavy atom. The van der Waals surface area contributed by atoms with Crippen molar-refractivity contribution in [3.05, 3.63) is 29.8 Å². The zero-order valence-corrected chi connectivity index (χ0v) is 22.9. The second kappa shape index (κ2) is 17.2. The third-order valence-corrected chi connectivity index (χ3v) is 7.57. The summed E-state index contributed by atoms with van der Waals surface area (Å²) in [6, 6.07) is 6.48. The van der Waals surface area contributed by atoms with Gasteiger partial charge in [0.2, 0.25) is 0 Å². The molecule has 1 rings (SSSR count). The van der Waals surface area contributed by atoms with Gasteiger partial charge in [0.15, 0.2) is 0 Å². The predicted octanol–water partition coefficient (Wildman–Crippen LogP) is 7.12. The number of nitrogens with one attached hydrogen (secondary N) is 2. The van der Waals surface area contributed by atoms with Crippen molar-refractivity contribution >= 4 is 17.9 Å². The number of hydrogen-bond acceptors (Lipinski definition) is 6. The van der Waals surface area contributed by atoms with Crippen LogP contribution in [0.4, 0.5) is 0 Å². The van der Waals surface area contributed by atoms with Gasteiger partial charge in [0, 0.05) is 0 Å². The summed E-state index contributed by atoms with van der Waals surface area (Å²) in [5, 5.41) is 19.5. The maximum absolute atomic E-state index is 12.6. The number of hydroxylamine groups is 1. The summed E-state index contributed by atoms with van der Waals surface area (Å²) >= 11 is 1.21. The highest BCUT2D eigenvalue weighted by Crippen LogP contribution is 2.28. The van der Waals surface area contributed by atoms with Crippen molar-refractivity contribution in [3.63, 3.8) is 0 Å². The molecule has 0 spiro atoms. The van der Waals surface area contributed by atoms with Crippen LogP contribution in [0, 0.1) is 23.7 Å². The molecule has 6 nitrogen and oxygen atoms in total. The molecule has 7 heteroatoms. The van der Waals surface area contributed by atoms with E-state index < -0.39 is 6.23 Å². The number of phenolic OH excluding ortho intramolecular Hbond substituents is 1. The Kier molecular flexibility index (Phi) is 15.6. The highest BCUT2D eigenvalue weighted by Gasteiger charge is 2.25. The lowest BCUT2D eigenvalue weighted by molar-refractivity contribution is -0.0839. The minimum atomic E-state index is -0.513. The topological polar surface area (TPSA) is 90.8 Å². The van der Waals surface area contributed by atoms with Crippen molar-refractivity contribution in [1.29, 1.82) is 0 Å².